The van der Waals surface area contributed by atoms with Crippen molar-refractivity contribution in [1.29, 1.82) is 0 Å². The molecule has 1 fully saturated rings. The van der Waals surface area contributed by atoms with Crippen LogP contribution >= 0.6 is 0 Å². The molecule has 1 amide bonds. The highest BCUT2D eigenvalue weighted by atomic mass is 16.7. The zero-order valence-electron chi connectivity index (χ0n) is 25.2. The van der Waals surface area contributed by atoms with Crippen LogP contribution in [0.25, 0.3) is 0 Å². The van der Waals surface area contributed by atoms with E-state index in [9.17, 15) is 14.7 Å². The second-order valence-electron chi connectivity index (χ2n) is 12.2. The minimum Gasteiger partial charge on any atom is -0.497 e. The molecule has 1 unspecified atom stereocenters. The maximum Gasteiger partial charge on any atom is 0.309 e. The lowest BCUT2D eigenvalue weighted by molar-refractivity contribution is -0.870. The normalized spacial score (nSPS) is 20.3. The van der Waals surface area contributed by atoms with Crippen LogP contribution in [0.15, 0.2) is 42.5 Å². The Kier molecular flexibility index (Phi) is 10.1. The molecule has 0 bridgehead atoms. The van der Waals surface area contributed by atoms with Gasteiger partial charge in [-0.2, -0.15) is 0 Å². The number of nitrogens with zero attached hydrogens (tertiary/aromatic N) is 3. The van der Waals surface area contributed by atoms with Crippen molar-refractivity contribution in [1.82, 2.24) is 9.80 Å². The van der Waals surface area contributed by atoms with Gasteiger partial charge in [0, 0.05) is 31.6 Å². The molecule has 1 saturated heterocycles. The molecule has 2 aromatic rings. The van der Waals surface area contributed by atoms with Crippen LogP contribution in [0.2, 0.25) is 0 Å². The van der Waals surface area contributed by atoms with E-state index in [1.807, 2.05) is 47.4 Å². The molecule has 2 aromatic carbocycles. The Morgan fingerprint density at radius 2 is 1.68 bits per heavy atom. The van der Waals surface area contributed by atoms with E-state index in [2.05, 4.69) is 33.0 Å². The number of benzene rings is 2. The molecular formula is C32H46N3O6+. The second-order valence-corrected chi connectivity index (χ2v) is 12.2. The number of amides is 1. The van der Waals surface area contributed by atoms with Crippen molar-refractivity contribution >= 4 is 11.9 Å². The fraction of sp³-hybridized carbons (Fsp3) is 0.562. The van der Waals surface area contributed by atoms with Gasteiger partial charge in [-0.15, -0.1) is 0 Å². The van der Waals surface area contributed by atoms with Gasteiger partial charge in [-0.05, 0) is 54.7 Å². The van der Waals surface area contributed by atoms with Crippen molar-refractivity contribution in [2.24, 2.45) is 5.92 Å². The summed E-state index contributed by atoms with van der Waals surface area (Å²) in [6, 6.07) is 12.7. The van der Waals surface area contributed by atoms with E-state index >= 15 is 0 Å². The van der Waals surface area contributed by atoms with E-state index < -0.39 is 17.9 Å². The van der Waals surface area contributed by atoms with Gasteiger partial charge in [0.25, 0.3) is 0 Å². The average molecular weight is 569 g/mol. The van der Waals surface area contributed by atoms with Gasteiger partial charge in [-0.1, -0.05) is 31.5 Å². The number of hydrogen-bond donors (Lipinski definition) is 1. The van der Waals surface area contributed by atoms with Crippen LogP contribution < -0.4 is 14.2 Å². The number of hydrogen-bond acceptors (Lipinski definition) is 6. The molecule has 41 heavy (non-hydrogen) atoms. The molecule has 0 radical (unpaired) electrons. The van der Waals surface area contributed by atoms with Gasteiger partial charge in [-0.3, -0.25) is 14.5 Å². The number of carbonyl (C=O) groups excluding carboxylic acids is 1. The summed E-state index contributed by atoms with van der Waals surface area (Å²) in [4.78, 5) is 30.7. The maximum atomic E-state index is 13.8. The molecule has 9 heteroatoms. The highest BCUT2D eigenvalue weighted by Gasteiger charge is 2.48. The lowest BCUT2D eigenvalue weighted by Gasteiger charge is -2.30. The van der Waals surface area contributed by atoms with Gasteiger partial charge in [0.1, 0.15) is 5.75 Å². The summed E-state index contributed by atoms with van der Waals surface area (Å²) >= 11 is 0. The quantitative estimate of drug-likeness (QED) is 0.267. The van der Waals surface area contributed by atoms with Crippen LogP contribution in [-0.4, -0.2) is 99.0 Å². The lowest BCUT2D eigenvalue weighted by atomic mass is 9.82. The van der Waals surface area contributed by atoms with Gasteiger partial charge in [0.2, 0.25) is 12.7 Å². The van der Waals surface area contributed by atoms with E-state index in [1.165, 1.54) is 0 Å². The van der Waals surface area contributed by atoms with Crippen LogP contribution in [0, 0.1) is 5.92 Å². The van der Waals surface area contributed by atoms with Crippen molar-refractivity contribution in [3.05, 3.63) is 53.6 Å². The number of unbranched alkanes of at least 4 members (excludes halogenated alkanes) is 2. The fourth-order valence-corrected chi connectivity index (χ4v) is 5.95. The molecule has 224 valence electrons. The molecule has 2 aliphatic rings. The Morgan fingerprint density at radius 3 is 2.34 bits per heavy atom. The summed E-state index contributed by atoms with van der Waals surface area (Å²) < 4.78 is 17.3. The largest absolute Gasteiger partial charge is 0.497 e. The Morgan fingerprint density at radius 1 is 1.00 bits per heavy atom. The predicted octanol–water partition coefficient (Wildman–Crippen LogP) is 4.38. The highest BCUT2D eigenvalue weighted by molar-refractivity contribution is 5.79. The molecule has 9 nitrogen and oxygen atoms in total. The summed E-state index contributed by atoms with van der Waals surface area (Å²) in [7, 11) is 8.16. The van der Waals surface area contributed by atoms with Gasteiger partial charge in [-0.25, -0.2) is 0 Å². The van der Waals surface area contributed by atoms with Gasteiger partial charge in [0.05, 0.1) is 47.3 Å². The van der Waals surface area contributed by atoms with Crippen LogP contribution in [0.5, 0.6) is 17.2 Å². The molecular weight excluding hydrogens is 522 g/mol. The second kappa shape index (κ2) is 13.6. The highest BCUT2D eigenvalue weighted by Crippen LogP contribution is 2.47. The molecule has 0 aromatic heterocycles. The zero-order chi connectivity index (χ0) is 29.6. The first-order valence-electron chi connectivity index (χ1n) is 14.7. The number of aliphatic carboxylic acids is 1. The molecule has 0 saturated carbocycles. The smallest absolute Gasteiger partial charge is 0.309 e. The summed E-state index contributed by atoms with van der Waals surface area (Å²) in [5.41, 5.74) is 1.73. The van der Waals surface area contributed by atoms with E-state index in [-0.39, 0.29) is 25.2 Å². The van der Waals surface area contributed by atoms with Gasteiger partial charge < -0.3 is 28.7 Å². The van der Waals surface area contributed by atoms with Crippen LogP contribution in [0.4, 0.5) is 0 Å². The summed E-state index contributed by atoms with van der Waals surface area (Å²) in [6.45, 7) is 5.39. The zero-order valence-corrected chi connectivity index (χ0v) is 25.2. The molecule has 0 aliphatic carbocycles. The summed E-state index contributed by atoms with van der Waals surface area (Å²) in [6.07, 6.45) is 3.95. The number of carboxylic acid groups (broad SMARTS) is 1. The van der Waals surface area contributed by atoms with Crippen molar-refractivity contribution < 1.29 is 33.4 Å². The number of methoxy groups -OCH3 is 1. The molecule has 2 aliphatic heterocycles. The Balaban J connectivity index is 1.60. The first-order chi connectivity index (χ1) is 19.6. The first kappa shape index (κ1) is 30.7. The standard InChI is InChI=1S/C32H45N3O6/c1-6-7-16-33(17-8-9-18-35(2,3)4)29(36)21-34-20-26(24-12-15-27-28(19-24)41-22-40-27)30(32(37)38)31(34)23-10-13-25(39-5)14-11-23/h10-15,19,26,30-31H,6-9,16-18,20-22H2,1-5H3/p+1/t26?,30-,31+/m1/s1. The van der Waals surface area contributed by atoms with Crippen molar-refractivity contribution in [2.75, 3.05) is 67.8 Å². The molecule has 1 N–H and O–H groups in total. The molecule has 2 heterocycles. The Labute approximate surface area is 244 Å². The van der Waals surface area contributed by atoms with Crippen molar-refractivity contribution in [3.63, 3.8) is 0 Å². The van der Waals surface area contributed by atoms with Crippen molar-refractivity contribution in [3.8, 4) is 17.2 Å². The molecule has 0 spiro atoms. The first-order valence-corrected chi connectivity index (χ1v) is 14.7. The number of likely N-dealkylation sites (tertiary alicyclic amines) is 1. The number of fused-ring (bicyclic) bond motifs is 1. The average Bonchev–Trinajstić information content (AvgIpc) is 3.56. The summed E-state index contributed by atoms with van der Waals surface area (Å²) in [5, 5.41) is 10.6. The lowest BCUT2D eigenvalue weighted by Crippen LogP contribution is -2.42. The predicted molar refractivity (Wildman–Crippen MR) is 157 cm³/mol. The monoisotopic (exact) mass is 568 g/mol. The fourth-order valence-electron chi connectivity index (χ4n) is 5.95. The minimum absolute atomic E-state index is 0.0534. The summed E-state index contributed by atoms with van der Waals surface area (Å²) in [5.74, 6) is 0.0918. The van der Waals surface area contributed by atoms with Crippen LogP contribution in [0.1, 0.15) is 55.7 Å². The number of quaternary nitrogens is 1. The van der Waals surface area contributed by atoms with Crippen molar-refractivity contribution in [2.45, 2.75) is 44.6 Å². The SMILES string of the molecule is CCCCN(CCCC[N+](C)(C)C)C(=O)CN1CC(c2ccc3c(c2)OCO3)[C@@H](C(=O)O)[C@@H]1c1ccc(OC)cc1. The number of ether oxygens (including phenoxy) is 3. The number of rotatable bonds is 14. The number of carbonyl (C=O) groups is 2. The minimum atomic E-state index is -0.883. The van der Waals surface area contributed by atoms with Crippen LogP contribution in [0.3, 0.4) is 0 Å². The third kappa shape index (κ3) is 7.71. The third-order valence-corrected chi connectivity index (χ3v) is 8.15. The third-order valence-electron chi connectivity index (χ3n) is 8.15. The van der Waals surface area contributed by atoms with Gasteiger partial charge in [0.15, 0.2) is 11.5 Å². The van der Waals surface area contributed by atoms with E-state index in [1.54, 1.807) is 7.11 Å². The maximum absolute atomic E-state index is 13.8. The molecule has 3 atom stereocenters. The topological polar surface area (TPSA) is 88.5 Å². The van der Waals surface area contributed by atoms with E-state index in [0.717, 1.165) is 47.8 Å². The van der Waals surface area contributed by atoms with Crippen LogP contribution in [-0.2, 0) is 9.59 Å². The Hall–Kier alpha value is -3.30. The number of carboxylic acids is 1. The van der Waals surface area contributed by atoms with E-state index in [4.69, 9.17) is 14.2 Å². The Bertz CT molecular complexity index is 1180. The molecule has 4 rings (SSSR count). The van der Waals surface area contributed by atoms with Gasteiger partial charge >= 0.3 is 5.97 Å². The van der Waals surface area contributed by atoms with E-state index in [0.29, 0.717) is 36.9 Å².